The first kappa shape index (κ1) is 18.2. The first-order chi connectivity index (χ1) is 12.7. The van der Waals surface area contributed by atoms with Gasteiger partial charge in [0.2, 0.25) is 0 Å². The highest BCUT2D eigenvalue weighted by Crippen LogP contribution is 2.18. The second kappa shape index (κ2) is 9.17. The Bertz CT molecular complexity index is 683. The van der Waals surface area contributed by atoms with Crippen molar-refractivity contribution in [1.29, 1.82) is 0 Å². The third-order valence-electron chi connectivity index (χ3n) is 4.86. The predicted octanol–water partition coefficient (Wildman–Crippen LogP) is 3.61. The molecule has 2 aromatic rings. The van der Waals surface area contributed by atoms with Gasteiger partial charge in [-0.2, -0.15) is 0 Å². The molecule has 2 N–H and O–H groups in total. The second-order valence-corrected chi connectivity index (χ2v) is 6.86. The fourth-order valence-electron chi connectivity index (χ4n) is 3.25. The zero-order chi connectivity index (χ0) is 18.2. The Morgan fingerprint density at radius 2 is 1.92 bits per heavy atom. The quantitative estimate of drug-likeness (QED) is 0.832. The van der Waals surface area contributed by atoms with Crippen molar-refractivity contribution in [1.82, 2.24) is 15.3 Å². The lowest BCUT2D eigenvalue weighted by atomic mass is 9.96. The summed E-state index contributed by atoms with van der Waals surface area (Å²) in [7, 11) is 2.04. The van der Waals surface area contributed by atoms with E-state index in [0.717, 1.165) is 31.5 Å². The Morgan fingerprint density at radius 3 is 2.62 bits per heavy atom. The van der Waals surface area contributed by atoms with Crippen LogP contribution in [0.15, 0.2) is 42.9 Å². The van der Waals surface area contributed by atoms with E-state index in [1.807, 2.05) is 43.7 Å². The van der Waals surface area contributed by atoms with Crippen LogP contribution in [0, 0.1) is 0 Å². The average molecular weight is 353 g/mol. The van der Waals surface area contributed by atoms with E-state index >= 15 is 0 Å². The average Bonchev–Trinajstić information content (AvgIpc) is 2.68. The molecule has 0 saturated heterocycles. The molecule has 0 spiro atoms. The first-order valence-corrected chi connectivity index (χ1v) is 9.34. The Hall–Kier alpha value is -2.63. The standard InChI is InChI=1S/C20H27N5O/c1-25(14-11-16-9-12-21-13-10-16)18-7-8-19(22-15-18)24-20(26)23-17-5-3-2-4-6-17/h7-10,12-13,15,17H,2-6,11,14H2,1H3,(H2,22,23,24,26). The van der Waals surface area contributed by atoms with Crippen molar-refractivity contribution in [2.24, 2.45) is 0 Å². The van der Waals surface area contributed by atoms with Gasteiger partial charge in [0.1, 0.15) is 5.82 Å². The number of anilines is 2. The molecule has 1 aliphatic rings. The zero-order valence-corrected chi connectivity index (χ0v) is 15.3. The zero-order valence-electron chi connectivity index (χ0n) is 15.3. The minimum atomic E-state index is -0.164. The largest absolute Gasteiger partial charge is 0.373 e. The highest BCUT2D eigenvalue weighted by atomic mass is 16.2. The Labute approximate surface area is 155 Å². The number of nitrogens with one attached hydrogen (secondary N) is 2. The lowest BCUT2D eigenvalue weighted by Crippen LogP contribution is -2.39. The smallest absolute Gasteiger partial charge is 0.320 e. The second-order valence-electron chi connectivity index (χ2n) is 6.86. The Morgan fingerprint density at radius 1 is 1.15 bits per heavy atom. The van der Waals surface area contributed by atoms with Crippen LogP contribution >= 0.6 is 0 Å². The minimum absolute atomic E-state index is 0.164. The molecule has 6 nitrogen and oxygen atoms in total. The molecule has 1 saturated carbocycles. The van der Waals surface area contributed by atoms with E-state index < -0.39 is 0 Å². The number of aromatic nitrogens is 2. The number of pyridine rings is 2. The van der Waals surface area contributed by atoms with E-state index in [1.165, 1.54) is 24.8 Å². The summed E-state index contributed by atoms with van der Waals surface area (Å²) in [5.74, 6) is 0.574. The van der Waals surface area contributed by atoms with E-state index in [0.29, 0.717) is 11.9 Å². The van der Waals surface area contributed by atoms with Crippen LogP contribution in [0.3, 0.4) is 0 Å². The third kappa shape index (κ3) is 5.44. The van der Waals surface area contributed by atoms with Gasteiger partial charge >= 0.3 is 6.03 Å². The number of hydrogen-bond acceptors (Lipinski definition) is 4. The lowest BCUT2D eigenvalue weighted by Gasteiger charge is -2.23. The molecular weight excluding hydrogens is 326 g/mol. The molecule has 0 aliphatic heterocycles. The molecule has 2 amide bonds. The van der Waals surface area contributed by atoms with Crippen molar-refractivity contribution in [2.45, 2.75) is 44.6 Å². The van der Waals surface area contributed by atoms with Gasteiger partial charge < -0.3 is 10.2 Å². The monoisotopic (exact) mass is 353 g/mol. The summed E-state index contributed by atoms with van der Waals surface area (Å²) in [5, 5.41) is 5.86. The van der Waals surface area contributed by atoms with Gasteiger partial charge in [0.05, 0.1) is 11.9 Å². The van der Waals surface area contributed by atoms with Gasteiger partial charge in [0.25, 0.3) is 0 Å². The van der Waals surface area contributed by atoms with Gasteiger partial charge in [-0.3, -0.25) is 10.3 Å². The Kier molecular flexibility index (Phi) is 6.41. The van der Waals surface area contributed by atoms with Crippen LogP contribution in [0.2, 0.25) is 0 Å². The van der Waals surface area contributed by atoms with Crippen molar-refractivity contribution in [3.8, 4) is 0 Å². The van der Waals surface area contributed by atoms with Crippen molar-refractivity contribution < 1.29 is 4.79 Å². The van der Waals surface area contributed by atoms with Crippen LogP contribution < -0.4 is 15.5 Å². The summed E-state index contributed by atoms with van der Waals surface area (Å²) < 4.78 is 0. The van der Waals surface area contributed by atoms with Gasteiger partial charge in [0, 0.05) is 32.0 Å². The van der Waals surface area contributed by atoms with E-state index in [2.05, 4.69) is 25.5 Å². The summed E-state index contributed by atoms with van der Waals surface area (Å²) in [6.45, 7) is 0.890. The number of likely N-dealkylation sites (N-methyl/N-ethyl adjacent to an activating group) is 1. The van der Waals surface area contributed by atoms with E-state index in [9.17, 15) is 4.79 Å². The van der Waals surface area contributed by atoms with Gasteiger partial charge in [-0.1, -0.05) is 19.3 Å². The molecule has 1 aliphatic carbocycles. The summed E-state index contributed by atoms with van der Waals surface area (Å²) >= 11 is 0. The van der Waals surface area contributed by atoms with Crippen LogP contribution in [0.5, 0.6) is 0 Å². The molecule has 0 aromatic carbocycles. The molecule has 3 rings (SSSR count). The maximum absolute atomic E-state index is 12.1. The summed E-state index contributed by atoms with van der Waals surface area (Å²) in [5.41, 5.74) is 2.29. The van der Waals surface area contributed by atoms with Crippen LogP contribution in [-0.2, 0) is 6.42 Å². The van der Waals surface area contributed by atoms with E-state index in [1.54, 1.807) is 6.20 Å². The molecular formula is C20H27N5O. The molecule has 138 valence electrons. The van der Waals surface area contributed by atoms with Crippen molar-refractivity contribution >= 4 is 17.5 Å². The summed E-state index contributed by atoms with van der Waals surface area (Å²) in [6.07, 6.45) is 12.2. The van der Waals surface area contributed by atoms with Crippen LogP contribution in [0.1, 0.15) is 37.7 Å². The topological polar surface area (TPSA) is 70.2 Å². The Balaban J connectivity index is 1.47. The predicted molar refractivity (Wildman–Crippen MR) is 104 cm³/mol. The van der Waals surface area contributed by atoms with Gasteiger partial charge in [0.15, 0.2) is 0 Å². The molecule has 6 heteroatoms. The molecule has 2 heterocycles. The van der Waals surface area contributed by atoms with Gasteiger partial charge in [-0.05, 0) is 49.1 Å². The number of urea groups is 1. The van der Waals surface area contributed by atoms with Crippen LogP contribution in [-0.4, -0.2) is 35.6 Å². The molecule has 1 fully saturated rings. The molecule has 0 bridgehead atoms. The molecule has 0 radical (unpaired) electrons. The number of carbonyl (C=O) groups is 1. The van der Waals surface area contributed by atoms with Crippen molar-refractivity contribution in [2.75, 3.05) is 23.8 Å². The number of amides is 2. The fraction of sp³-hybridized carbons (Fsp3) is 0.450. The highest BCUT2D eigenvalue weighted by molar-refractivity contribution is 5.88. The third-order valence-corrected chi connectivity index (χ3v) is 4.86. The van der Waals surface area contributed by atoms with E-state index in [4.69, 9.17) is 0 Å². The molecule has 0 unspecified atom stereocenters. The number of nitrogens with zero attached hydrogens (tertiary/aromatic N) is 3. The first-order valence-electron chi connectivity index (χ1n) is 9.34. The maximum Gasteiger partial charge on any atom is 0.320 e. The number of rotatable bonds is 6. The maximum atomic E-state index is 12.1. The molecule has 26 heavy (non-hydrogen) atoms. The van der Waals surface area contributed by atoms with Gasteiger partial charge in [-0.25, -0.2) is 9.78 Å². The molecule has 2 aromatic heterocycles. The van der Waals surface area contributed by atoms with Crippen LogP contribution in [0.4, 0.5) is 16.3 Å². The van der Waals surface area contributed by atoms with Gasteiger partial charge in [-0.15, -0.1) is 0 Å². The van der Waals surface area contributed by atoms with Crippen molar-refractivity contribution in [3.05, 3.63) is 48.4 Å². The highest BCUT2D eigenvalue weighted by Gasteiger charge is 2.15. The van der Waals surface area contributed by atoms with E-state index in [-0.39, 0.29) is 6.03 Å². The van der Waals surface area contributed by atoms with Crippen molar-refractivity contribution in [3.63, 3.8) is 0 Å². The number of carbonyl (C=O) groups excluding carboxylic acids is 1. The van der Waals surface area contributed by atoms with Crippen LogP contribution in [0.25, 0.3) is 0 Å². The summed E-state index contributed by atoms with van der Waals surface area (Å²) in [4.78, 5) is 22.6. The normalized spacial score (nSPS) is 14.7. The minimum Gasteiger partial charge on any atom is -0.373 e. The SMILES string of the molecule is CN(CCc1ccncc1)c1ccc(NC(=O)NC2CCCCC2)nc1. The molecule has 0 atom stereocenters. The summed E-state index contributed by atoms with van der Waals surface area (Å²) in [6, 6.07) is 8.02. The lowest BCUT2D eigenvalue weighted by molar-refractivity contribution is 0.244. The number of hydrogen-bond donors (Lipinski definition) is 2. The fourth-order valence-corrected chi connectivity index (χ4v) is 3.25.